The summed E-state index contributed by atoms with van der Waals surface area (Å²) in [5.41, 5.74) is 0.879. The SMILES string of the molecule is CCCNc1nc(OC(C)COCC)c2ccccc2n1. The molecule has 1 aromatic carbocycles. The molecular formula is C16H23N3O2. The molecule has 1 heterocycles. The normalized spacial score (nSPS) is 12.3. The van der Waals surface area contributed by atoms with E-state index in [1.54, 1.807) is 0 Å². The molecule has 0 amide bonds. The van der Waals surface area contributed by atoms with Gasteiger partial charge in [0, 0.05) is 13.2 Å². The fourth-order valence-corrected chi connectivity index (χ4v) is 1.96. The highest BCUT2D eigenvalue weighted by Gasteiger charge is 2.12. The molecule has 1 N–H and O–H groups in total. The Morgan fingerprint density at radius 1 is 1.19 bits per heavy atom. The molecule has 5 nitrogen and oxygen atoms in total. The number of para-hydroxylation sites is 1. The van der Waals surface area contributed by atoms with Crippen LogP contribution in [0, 0.1) is 0 Å². The average molecular weight is 289 g/mol. The van der Waals surface area contributed by atoms with Crippen LogP contribution >= 0.6 is 0 Å². The molecule has 0 spiro atoms. The van der Waals surface area contributed by atoms with Crippen molar-refractivity contribution in [1.82, 2.24) is 9.97 Å². The third-order valence-electron chi connectivity index (χ3n) is 2.97. The molecule has 0 bridgehead atoms. The summed E-state index contributed by atoms with van der Waals surface area (Å²) in [5.74, 6) is 1.21. The minimum absolute atomic E-state index is 0.0534. The van der Waals surface area contributed by atoms with Crippen LogP contribution in [0.2, 0.25) is 0 Å². The highest BCUT2D eigenvalue weighted by atomic mass is 16.5. The largest absolute Gasteiger partial charge is 0.472 e. The Morgan fingerprint density at radius 3 is 2.76 bits per heavy atom. The Kier molecular flexibility index (Phi) is 5.75. The Labute approximate surface area is 125 Å². The van der Waals surface area contributed by atoms with E-state index in [9.17, 15) is 0 Å². The predicted octanol–water partition coefficient (Wildman–Crippen LogP) is 3.26. The zero-order chi connectivity index (χ0) is 15.1. The molecule has 0 aliphatic carbocycles. The lowest BCUT2D eigenvalue weighted by Crippen LogP contribution is -2.20. The third kappa shape index (κ3) is 4.29. The smallest absolute Gasteiger partial charge is 0.226 e. The van der Waals surface area contributed by atoms with Gasteiger partial charge in [-0.3, -0.25) is 0 Å². The summed E-state index contributed by atoms with van der Waals surface area (Å²) in [4.78, 5) is 9.00. The van der Waals surface area contributed by atoms with Crippen LogP contribution < -0.4 is 10.1 Å². The molecular weight excluding hydrogens is 266 g/mol. The first-order valence-corrected chi connectivity index (χ1v) is 7.49. The Hall–Kier alpha value is -1.88. The fourth-order valence-electron chi connectivity index (χ4n) is 1.96. The van der Waals surface area contributed by atoms with E-state index in [1.807, 2.05) is 38.1 Å². The zero-order valence-electron chi connectivity index (χ0n) is 12.9. The summed E-state index contributed by atoms with van der Waals surface area (Å²) in [5, 5.41) is 4.13. The van der Waals surface area contributed by atoms with Gasteiger partial charge in [0.2, 0.25) is 11.8 Å². The van der Waals surface area contributed by atoms with Crippen LogP contribution in [0.4, 0.5) is 5.95 Å². The van der Waals surface area contributed by atoms with Crippen LogP contribution in [-0.2, 0) is 4.74 Å². The minimum atomic E-state index is -0.0534. The summed E-state index contributed by atoms with van der Waals surface area (Å²) in [6.45, 7) is 8.13. The molecule has 0 saturated carbocycles. The Balaban J connectivity index is 2.26. The molecule has 0 aliphatic heterocycles. The van der Waals surface area contributed by atoms with Gasteiger partial charge in [-0.2, -0.15) is 4.98 Å². The van der Waals surface area contributed by atoms with Crippen LogP contribution in [0.1, 0.15) is 27.2 Å². The van der Waals surface area contributed by atoms with Crippen LogP contribution in [0.15, 0.2) is 24.3 Å². The molecule has 0 radical (unpaired) electrons. The number of ether oxygens (including phenoxy) is 2. The number of nitrogens with zero attached hydrogens (tertiary/aromatic N) is 2. The number of benzene rings is 1. The molecule has 0 fully saturated rings. The standard InChI is InChI=1S/C16H23N3O2/c1-4-10-17-16-18-14-9-7-6-8-13(14)15(19-16)21-12(3)11-20-5-2/h6-9,12H,4-5,10-11H2,1-3H3,(H,17,18,19). The van der Waals surface area contributed by atoms with Gasteiger partial charge in [-0.1, -0.05) is 19.1 Å². The minimum Gasteiger partial charge on any atom is -0.472 e. The number of nitrogens with one attached hydrogen (secondary N) is 1. The molecule has 114 valence electrons. The summed E-state index contributed by atoms with van der Waals surface area (Å²) >= 11 is 0. The molecule has 1 atom stereocenters. The van der Waals surface area contributed by atoms with Gasteiger partial charge in [-0.25, -0.2) is 4.98 Å². The van der Waals surface area contributed by atoms with E-state index in [2.05, 4.69) is 22.2 Å². The molecule has 0 saturated heterocycles. The Bertz CT molecular complexity index is 574. The lowest BCUT2D eigenvalue weighted by molar-refractivity contribution is 0.0642. The first kappa shape index (κ1) is 15.5. The highest BCUT2D eigenvalue weighted by Crippen LogP contribution is 2.24. The van der Waals surface area contributed by atoms with Gasteiger partial charge in [0.05, 0.1) is 17.5 Å². The second-order valence-electron chi connectivity index (χ2n) is 4.88. The van der Waals surface area contributed by atoms with Crippen molar-refractivity contribution in [3.8, 4) is 5.88 Å². The maximum Gasteiger partial charge on any atom is 0.226 e. The van der Waals surface area contributed by atoms with Gasteiger partial charge < -0.3 is 14.8 Å². The zero-order valence-corrected chi connectivity index (χ0v) is 12.9. The lowest BCUT2D eigenvalue weighted by atomic mass is 10.2. The fraction of sp³-hybridized carbons (Fsp3) is 0.500. The average Bonchev–Trinajstić information content (AvgIpc) is 2.51. The van der Waals surface area contributed by atoms with E-state index >= 15 is 0 Å². The number of hydrogen-bond donors (Lipinski definition) is 1. The molecule has 1 unspecified atom stereocenters. The van der Waals surface area contributed by atoms with Crippen molar-refractivity contribution in [2.24, 2.45) is 0 Å². The van der Waals surface area contributed by atoms with Crippen LogP contribution in [-0.4, -0.2) is 35.8 Å². The van der Waals surface area contributed by atoms with Crippen molar-refractivity contribution in [2.75, 3.05) is 25.1 Å². The first-order valence-electron chi connectivity index (χ1n) is 7.49. The van der Waals surface area contributed by atoms with E-state index in [0.29, 0.717) is 25.0 Å². The summed E-state index contributed by atoms with van der Waals surface area (Å²) in [7, 11) is 0. The number of anilines is 1. The summed E-state index contributed by atoms with van der Waals surface area (Å²) in [6, 6.07) is 7.87. The van der Waals surface area contributed by atoms with Crippen LogP contribution in [0.25, 0.3) is 10.9 Å². The predicted molar refractivity (Wildman–Crippen MR) is 84.9 cm³/mol. The quantitative estimate of drug-likeness (QED) is 0.808. The van der Waals surface area contributed by atoms with Crippen molar-refractivity contribution in [2.45, 2.75) is 33.3 Å². The maximum atomic E-state index is 5.93. The van der Waals surface area contributed by atoms with E-state index in [0.717, 1.165) is 23.9 Å². The van der Waals surface area contributed by atoms with Crippen LogP contribution in [0.3, 0.4) is 0 Å². The number of fused-ring (bicyclic) bond motifs is 1. The molecule has 1 aromatic heterocycles. The molecule has 2 rings (SSSR count). The van der Waals surface area contributed by atoms with E-state index in [4.69, 9.17) is 9.47 Å². The second-order valence-corrected chi connectivity index (χ2v) is 4.88. The monoisotopic (exact) mass is 289 g/mol. The van der Waals surface area contributed by atoms with Crippen molar-refractivity contribution in [3.63, 3.8) is 0 Å². The number of rotatable bonds is 8. The van der Waals surface area contributed by atoms with Gasteiger partial charge in [0.1, 0.15) is 6.10 Å². The highest BCUT2D eigenvalue weighted by molar-refractivity contribution is 5.84. The summed E-state index contributed by atoms with van der Waals surface area (Å²) < 4.78 is 11.3. The summed E-state index contributed by atoms with van der Waals surface area (Å²) in [6.07, 6.45) is 0.968. The van der Waals surface area contributed by atoms with Crippen LogP contribution in [0.5, 0.6) is 5.88 Å². The molecule has 21 heavy (non-hydrogen) atoms. The first-order chi connectivity index (χ1) is 10.2. The second kappa shape index (κ2) is 7.78. The Morgan fingerprint density at radius 2 is 2.00 bits per heavy atom. The van der Waals surface area contributed by atoms with Gasteiger partial charge in [-0.05, 0) is 32.4 Å². The molecule has 5 heteroatoms. The molecule has 2 aromatic rings. The van der Waals surface area contributed by atoms with Gasteiger partial charge >= 0.3 is 0 Å². The van der Waals surface area contributed by atoms with Crippen molar-refractivity contribution >= 4 is 16.9 Å². The van der Waals surface area contributed by atoms with E-state index < -0.39 is 0 Å². The lowest BCUT2D eigenvalue weighted by Gasteiger charge is -2.16. The van der Waals surface area contributed by atoms with Crippen molar-refractivity contribution in [3.05, 3.63) is 24.3 Å². The number of hydrogen-bond acceptors (Lipinski definition) is 5. The maximum absolute atomic E-state index is 5.93. The third-order valence-corrected chi connectivity index (χ3v) is 2.97. The number of aromatic nitrogens is 2. The van der Waals surface area contributed by atoms with E-state index in [1.165, 1.54) is 0 Å². The topological polar surface area (TPSA) is 56.3 Å². The van der Waals surface area contributed by atoms with Gasteiger partial charge in [0.15, 0.2) is 0 Å². The van der Waals surface area contributed by atoms with Gasteiger partial charge in [0.25, 0.3) is 0 Å². The van der Waals surface area contributed by atoms with Gasteiger partial charge in [-0.15, -0.1) is 0 Å². The van der Waals surface area contributed by atoms with E-state index in [-0.39, 0.29) is 6.10 Å². The molecule has 0 aliphatic rings. The van der Waals surface area contributed by atoms with Crippen molar-refractivity contribution in [1.29, 1.82) is 0 Å². The van der Waals surface area contributed by atoms with Crippen molar-refractivity contribution < 1.29 is 9.47 Å².